The fourth-order valence-corrected chi connectivity index (χ4v) is 4.53. The van der Waals surface area contributed by atoms with Gasteiger partial charge in [-0.25, -0.2) is 4.39 Å². The molecular formula is C20H25FN2O4. The summed E-state index contributed by atoms with van der Waals surface area (Å²) in [5.74, 6) is -0.606. The van der Waals surface area contributed by atoms with Crippen LogP contribution < -0.4 is 0 Å². The Morgan fingerprint density at radius 3 is 2.26 bits per heavy atom. The predicted molar refractivity (Wildman–Crippen MR) is 95.7 cm³/mol. The zero-order chi connectivity index (χ0) is 18.9. The molecule has 0 saturated carbocycles. The van der Waals surface area contributed by atoms with E-state index >= 15 is 0 Å². The molecule has 27 heavy (non-hydrogen) atoms. The average molecular weight is 376 g/mol. The third-order valence-electron chi connectivity index (χ3n) is 6.14. The van der Waals surface area contributed by atoms with Gasteiger partial charge in [-0.05, 0) is 37.1 Å². The maximum absolute atomic E-state index is 13.3. The van der Waals surface area contributed by atoms with Crippen molar-refractivity contribution in [1.29, 1.82) is 0 Å². The highest BCUT2D eigenvalue weighted by Gasteiger charge is 2.52. The molecule has 3 heterocycles. The molecule has 3 fully saturated rings. The third kappa shape index (κ3) is 3.58. The van der Waals surface area contributed by atoms with Crippen molar-refractivity contribution in [1.82, 2.24) is 9.80 Å². The van der Waals surface area contributed by atoms with Crippen LogP contribution in [0.2, 0.25) is 0 Å². The summed E-state index contributed by atoms with van der Waals surface area (Å²) in [6.45, 7) is 4.53. The van der Waals surface area contributed by atoms with E-state index in [1.807, 2.05) is 4.90 Å². The summed E-state index contributed by atoms with van der Waals surface area (Å²) in [6.07, 6.45) is 1.56. The molecule has 6 nitrogen and oxygen atoms in total. The first-order chi connectivity index (χ1) is 13.1. The lowest BCUT2D eigenvalue weighted by Gasteiger charge is -2.39. The largest absolute Gasteiger partial charge is 0.381 e. The van der Waals surface area contributed by atoms with Crippen LogP contribution in [-0.4, -0.2) is 74.2 Å². The van der Waals surface area contributed by atoms with Gasteiger partial charge in [-0.3, -0.25) is 9.59 Å². The monoisotopic (exact) mass is 376 g/mol. The Labute approximate surface area is 158 Å². The van der Waals surface area contributed by atoms with E-state index in [0.29, 0.717) is 58.2 Å². The minimum Gasteiger partial charge on any atom is -0.381 e. The fourth-order valence-electron chi connectivity index (χ4n) is 4.53. The van der Waals surface area contributed by atoms with Crippen LogP contribution in [0.4, 0.5) is 4.39 Å². The molecular weight excluding hydrogens is 351 g/mol. The van der Waals surface area contributed by atoms with Crippen LogP contribution in [0.3, 0.4) is 0 Å². The summed E-state index contributed by atoms with van der Waals surface area (Å²) in [4.78, 5) is 29.9. The van der Waals surface area contributed by atoms with Crippen molar-refractivity contribution in [3.8, 4) is 0 Å². The Hall–Kier alpha value is -1.99. The molecule has 0 N–H and O–H groups in total. The van der Waals surface area contributed by atoms with Gasteiger partial charge >= 0.3 is 0 Å². The van der Waals surface area contributed by atoms with Gasteiger partial charge in [0.15, 0.2) is 0 Å². The molecule has 4 rings (SSSR count). The second-order valence-electron chi connectivity index (χ2n) is 7.66. The lowest BCUT2D eigenvalue weighted by Crippen LogP contribution is -2.49. The van der Waals surface area contributed by atoms with Crippen molar-refractivity contribution >= 4 is 11.8 Å². The van der Waals surface area contributed by atoms with E-state index < -0.39 is 0 Å². The molecule has 1 spiro atoms. The SMILES string of the molecule is O=C(c1ccc(F)cc1)N1C[C@@H](C(=O)N2CCOCC2)C2(CCOCC2)C1. The average Bonchev–Trinajstić information content (AvgIpc) is 3.07. The zero-order valence-electron chi connectivity index (χ0n) is 15.4. The van der Waals surface area contributed by atoms with Gasteiger partial charge in [0, 0.05) is 50.4 Å². The molecule has 1 aromatic rings. The zero-order valence-corrected chi connectivity index (χ0v) is 15.4. The second kappa shape index (κ2) is 7.56. The number of carbonyl (C=O) groups is 2. The van der Waals surface area contributed by atoms with Crippen molar-refractivity contribution in [2.45, 2.75) is 12.8 Å². The molecule has 3 saturated heterocycles. The van der Waals surface area contributed by atoms with Gasteiger partial charge in [-0.1, -0.05) is 0 Å². The van der Waals surface area contributed by atoms with Crippen molar-refractivity contribution in [3.05, 3.63) is 35.6 Å². The highest BCUT2D eigenvalue weighted by atomic mass is 19.1. The fraction of sp³-hybridized carbons (Fsp3) is 0.600. The molecule has 0 unspecified atom stereocenters. The molecule has 7 heteroatoms. The molecule has 3 aliphatic rings. The molecule has 0 aliphatic carbocycles. The number of hydrogen-bond donors (Lipinski definition) is 0. The second-order valence-corrected chi connectivity index (χ2v) is 7.66. The number of rotatable bonds is 2. The van der Waals surface area contributed by atoms with Gasteiger partial charge in [-0.15, -0.1) is 0 Å². The number of carbonyl (C=O) groups excluding carboxylic acids is 2. The van der Waals surface area contributed by atoms with Crippen LogP contribution in [0.15, 0.2) is 24.3 Å². The Kier molecular flexibility index (Phi) is 5.14. The molecule has 0 radical (unpaired) electrons. The van der Waals surface area contributed by atoms with E-state index in [1.54, 1.807) is 4.90 Å². The first-order valence-corrected chi connectivity index (χ1v) is 9.58. The Morgan fingerprint density at radius 2 is 1.59 bits per heavy atom. The number of benzene rings is 1. The van der Waals surface area contributed by atoms with Crippen LogP contribution in [0.25, 0.3) is 0 Å². The van der Waals surface area contributed by atoms with Crippen LogP contribution in [0, 0.1) is 17.2 Å². The Bertz CT molecular complexity index is 696. The van der Waals surface area contributed by atoms with E-state index in [2.05, 4.69) is 0 Å². The van der Waals surface area contributed by atoms with E-state index in [0.717, 1.165) is 12.8 Å². The van der Waals surface area contributed by atoms with Gasteiger partial charge in [-0.2, -0.15) is 0 Å². The number of likely N-dealkylation sites (tertiary alicyclic amines) is 1. The number of amides is 2. The van der Waals surface area contributed by atoms with E-state index in [4.69, 9.17) is 9.47 Å². The summed E-state index contributed by atoms with van der Waals surface area (Å²) >= 11 is 0. The van der Waals surface area contributed by atoms with Crippen molar-refractivity contribution in [2.24, 2.45) is 11.3 Å². The summed E-state index contributed by atoms with van der Waals surface area (Å²) < 4.78 is 24.1. The first-order valence-electron chi connectivity index (χ1n) is 9.58. The maximum atomic E-state index is 13.3. The number of morpholine rings is 1. The molecule has 2 amide bonds. The van der Waals surface area contributed by atoms with Crippen molar-refractivity contribution < 1.29 is 23.5 Å². The highest BCUT2D eigenvalue weighted by molar-refractivity contribution is 5.95. The molecule has 0 bridgehead atoms. The van der Waals surface area contributed by atoms with Crippen molar-refractivity contribution in [2.75, 3.05) is 52.6 Å². The standard InChI is InChI=1S/C20H25FN2O4/c21-16-3-1-15(2-4-16)18(24)23-13-17(19(25)22-7-11-27-12-8-22)20(14-23)5-9-26-10-6-20/h1-4,17H,5-14H2/t17-/m0/s1. The summed E-state index contributed by atoms with van der Waals surface area (Å²) in [5.41, 5.74) is 0.224. The molecule has 3 aliphatic heterocycles. The molecule has 0 aromatic heterocycles. The lowest BCUT2D eigenvalue weighted by atomic mass is 9.71. The van der Waals surface area contributed by atoms with Gasteiger partial charge < -0.3 is 19.3 Å². The molecule has 146 valence electrons. The van der Waals surface area contributed by atoms with Crippen LogP contribution in [0.1, 0.15) is 23.2 Å². The lowest BCUT2D eigenvalue weighted by molar-refractivity contribution is -0.144. The third-order valence-corrected chi connectivity index (χ3v) is 6.14. The van der Waals surface area contributed by atoms with Gasteiger partial charge in [0.1, 0.15) is 5.82 Å². The van der Waals surface area contributed by atoms with Gasteiger partial charge in [0.2, 0.25) is 5.91 Å². The Balaban J connectivity index is 1.56. The van der Waals surface area contributed by atoms with Crippen LogP contribution >= 0.6 is 0 Å². The molecule has 1 atom stereocenters. The highest BCUT2D eigenvalue weighted by Crippen LogP contribution is 2.45. The van der Waals surface area contributed by atoms with Gasteiger partial charge in [0.25, 0.3) is 5.91 Å². The number of hydrogen-bond acceptors (Lipinski definition) is 4. The van der Waals surface area contributed by atoms with E-state index in [1.165, 1.54) is 24.3 Å². The number of halogens is 1. The maximum Gasteiger partial charge on any atom is 0.253 e. The smallest absolute Gasteiger partial charge is 0.253 e. The minimum absolute atomic E-state index is 0.120. The summed E-state index contributed by atoms with van der Waals surface area (Å²) in [7, 11) is 0. The minimum atomic E-state index is -0.366. The van der Waals surface area contributed by atoms with Crippen LogP contribution in [-0.2, 0) is 14.3 Å². The summed E-state index contributed by atoms with van der Waals surface area (Å²) in [6, 6.07) is 5.60. The van der Waals surface area contributed by atoms with Crippen molar-refractivity contribution in [3.63, 3.8) is 0 Å². The first kappa shape index (κ1) is 18.4. The Morgan fingerprint density at radius 1 is 0.963 bits per heavy atom. The predicted octanol–water partition coefficient (Wildman–Crippen LogP) is 1.55. The normalized spacial score (nSPS) is 25.0. The van der Waals surface area contributed by atoms with E-state index in [9.17, 15) is 14.0 Å². The number of nitrogens with zero attached hydrogens (tertiary/aromatic N) is 2. The topological polar surface area (TPSA) is 59.1 Å². The van der Waals surface area contributed by atoms with Gasteiger partial charge in [0.05, 0.1) is 19.1 Å². The quantitative estimate of drug-likeness (QED) is 0.786. The number of ether oxygens (including phenoxy) is 2. The molecule has 1 aromatic carbocycles. The summed E-state index contributed by atoms with van der Waals surface area (Å²) in [5, 5.41) is 0. The van der Waals surface area contributed by atoms with Crippen LogP contribution in [0.5, 0.6) is 0 Å². The van der Waals surface area contributed by atoms with E-state index in [-0.39, 0.29) is 29.0 Å².